The zero-order chi connectivity index (χ0) is 13.2. The Morgan fingerprint density at radius 2 is 1.83 bits per heavy atom. The highest BCUT2D eigenvalue weighted by molar-refractivity contribution is 9.10. The average Bonchev–Trinajstić information content (AvgIpc) is 2.33. The quantitative estimate of drug-likeness (QED) is 0.496. The molecule has 0 unspecified atom stereocenters. The fourth-order valence-electron chi connectivity index (χ4n) is 1.73. The second-order valence-corrected chi connectivity index (χ2v) is 5.27. The maximum absolute atomic E-state index is 5.67. The lowest BCUT2D eigenvalue weighted by Gasteiger charge is -2.07. The summed E-state index contributed by atoms with van der Waals surface area (Å²) in [6.07, 6.45) is 8.18. The van der Waals surface area contributed by atoms with E-state index < -0.39 is 0 Å². The van der Waals surface area contributed by atoms with E-state index in [1.54, 1.807) is 0 Å². The molecule has 0 radical (unpaired) electrons. The lowest BCUT2D eigenvalue weighted by Crippen LogP contribution is -2.03. The smallest absolute Gasteiger partial charge is 0.217 e. The minimum Gasteiger partial charge on any atom is -0.478 e. The molecule has 0 N–H and O–H groups in total. The molecule has 0 saturated carbocycles. The molecule has 0 saturated heterocycles. The van der Waals surface area contributed by atoms with Crippen LogP contribution in [0, 0.1) is 0 Å². The van der Waals surface area contributed by atoms with Crippen LogP contribution < -0.4 is 4.74 Å². The van der Waals surface area contributed by atoms with Gasteiger partial charge in [0.05, 0.1) is 6.61 Å². The van der Waals surface area contributed by atoms with Crippen LogP contribution in [-0.4, -0.2) is 16.6 Å². The predicted octanol–water partition coefficient (Wildman–Crippen LogP) is 4.54. The molecule has 0 amide bonds. The average molecular weight is 315 g/mol. The van der Waals surface area contributed by atoms with Crippen LogP contribution in [0.1, 0.15) is 58.2 Å². The topological polar surface area (TPSA) is 35.0 Å². The van der Waals surface area contributed by atoms with Crippen LogP contribution in [0.3, 0.4) is 0 Å². The molecule has 0 fully saturated rings. The third-order valence-electron chi connectivity index (χ3n) is 2.69. The molecule has 1 aromatic rings. The molecule has 18 heavy (non-hydrogen) atoms. The molecule has 3 nitrogen and oxygen atoms in total. The summed E-state index contributed by atoms with van der Waals surface area (Å²) in [5.74, 6) is 1.55. The van der Waals surface area contributed by atoms with Crippen LogP contribution in [0.4, 0.5) is 0 Å². The molecule has 102 valence electrons. The fraction of sp³-hybridized carbons (Fsp3) is 0.714. The van der Waals surface area contributed by atoms with Gasteiger partial charge in [0.2, 0.25) is 5.88 Å². The van der Waals surface area contributed by atoms with Gasteiger partial charge in [-0.15, -0.1) is 0 Å². The second kappa shape index (κ2) is 9.31. The van der Waals surface area contributed by atoms with Crippen molar-refractivity contribution in [1.82, 2.24) is 9.97 Å². The summed E-state index contributed by atoms with van der Waals surface area (Å²) in [4.78, 5) is 8.71. The van der Waals surface area contributed by atoms with Crippen LogP contribution in [0.2, 0.25) is 0 Å². The minimum absolute atomic E-state index is 0.691. The predicted molar refractivity (Wildman–Crippen MR) is 78.0 cm³/mol. The van der Waals surface area contributed by atoms with Crippen molar-refractivity contribution in [3.05, 3.63) is 16.5 Å². The molecule has 1 aromatic heterocycles. The minimum atomic E-state index is 0.691. The Hall–Kier alpha value is -0.640. The highest BCUT2D eigenvalue weighted by Crippen LogP contribution is 2.15. The molecule has 1 heterocycles. The van der Waals surface area contributed by atoms with Gasteiger partial charge in [0, 0.05) is 12.5 Å². The molecule has 0 aromatic carbocycles. The Bertz CT molecular complexity index is 345. The van der Waals surface area contributed by atoms with E-state index in [4.69, 9.17) is 4.74 Å². The summed E-state index contributed by atoms with van der Waals surface area (Å²) in [6, 6.07) is 1.84. The number of hydrogen-bond acceptors (Lipinski definition) is 3. The van der Waals surface area contributed by atoms with E-state index in [0.717, 1.165) is 36.3 Å². The number of halogens is 1. The van der Waals surface area contributed by atoms with Crippen molar-refractivity contribution in [2.75, 3.05) is 6.61 Å². The van der Waals surface area contributed by atoms with Crippen LogP contribution >= 0.6 is 15.9 Å². The van der Waals surface area contributed by atoms with Gasteiger partial charge in [-0.1, -0.05) is 39.5 Å². The third kappa shape index (κ3) is 6.34. The van der Waals surface area contributed by atoms with E-state index >= 15 is 0 Å². The maximum Gasteiger partial charge on any atom is 0.217 e. The first-order valence-corrected chi connectivity index (χ1v) is 7.71. The van der Waals surface area contributed by atoms with Crippen LogP contribution in [0.5, 0.6) is 5.88 Å². The zero-order valence-electron chi connectivity index (χ0n) is 11.4. The first kappa shape index (κ1) is 15.4. The highest BCUT2D eigenvalue weighted by Gasteiger charge is 2.03. The maximum atomic E-state index is 5.67. The van der Waals surface area contributed by atoms with E-state index in [0.29, 0.717) is 5.88 Å². The van der Waals surface area contributed by atoms with Gasteiger partial charge in [0.1, 0.15) is 10.4 Å². The van der Waals surface area contributed by atoms with Crippen molar-refractivity contribution in [2.45, 2.75) is 58.8 Å². The fourth-order valence-corrected chi connectivity index (χ4v) is 2.13. The van der Waals surface area contributed by atoms with Gasteiger partial charge in [-0.25, -0.2) is 4.98 Å². The summed E-state index contributed by atoms with van der Waals surface area (Å²) < 4.78 is 6.48. The summed E-state index contributed by atoms with van der Waals surface area (Å²) >= 11 is 3.40. The van der Waals surface area contributed by atoms with Gasteiger partial charge in [-0.2, -0.15) is 4.98 Å². The van der Waals surface area contributed by atoms with Crippen LogP contribution in [0.25, 0.3) is 0 Å². The van der Waals surface area contributed by atoms with Gasteiger partial charge in [0.15, 0.2) is 0 Å². The third-order valence-corrected chi connectivity index (χ3v) is 3.10. The molecule has 0 aliphatic carbocycles. The Morgan fingerprint density at radius 3 is 2.56 bits per heavy atom. The molecule has 0 bridgehead atoms. The SMILES string of the molecule is CCCCCCCOc1cc(Br)nc(CCC)n1. The summed E-state index contributed by atoms with van der Waals surface area (Å²) in [6.45, 7) is 5.10. The van der Waals surface area contributed by atoms with Gasteiger partial charge in [0.25, 0.3) is 0 Å². The molecule has 1 rings (SSSR count). The van der Waals surface area contributed by atoms with Gasteiger partial charge >= 0.3 is 0 Å². The number of nitrogens with zero attached hydrogens (tertiary/aromatic N) is 2. The van der Waals surface area contributed by atoms with Crippen LogP contribution in [0.15, 0.2) is 10.7 Å². The molecule has 0 atom stereocenters. The van der Waals surface area contributed by atoms with Crippen molar-refractivity contribution < 1.29 is 4.74 Å². The Kier molecular flexibility index (Phi) is 7.98. The molecular formula is C14H23BrN2O. The number of aromatic nitrogens is 2. The number of rotatable bonds is 9. The van der Waals surface area contributed by atoms with Gasteiger partial charge in [-0.05, 0) is 28.8 Å². The number of hydrogen-bond donors (Lipinski definition) is 0. The zero-order valence-corrected chi connectivity index (χ0v) is 13.0. The lowest BCUT2D eigenvalue weighted by atomic mass is 10.2. The Labute approximate surface area is 119 Å². The van der Waals surface area contributed by atoms with Crippen molar-refractivity contribution in [2.24, 2.45) is 0 Å². The number of ether oxygens (including phenoxy) is 1. The Balaban J connectivity index is 2.32. The first-order valence-electron chi connectivity index (χ1n) is 6.92. The molecule has 0 spiro atoms. The largest absolute Gasteiger partial charge is 0.478 e. The molecule has 0 aliphatic heterocycles. The van der Waals surface area contributed by atoms with E-state index in [-0.39, 0.29) is 0 Å². The normalized spacial score (nSPS) is 10.6. The van der Waals surface area contributed by atoms with Crippen molar-refractivity contribution in [1.29, 1.82) is 0 Å². The van der Waals surface area contributed by atoms with Crippen molar-refractivity contribution in [3.8, 4) is 5.88 Å². The second-order valence-electron chi connectivity index (χ2n) is 4.46. The molecule has 4 heteroatoms. The van der Waals surface area contributed by atoms with E-state index in [1.807, 2.05) is 6.07 Å². The lowest BCUT2D eigenvalue weighted by molar-refractivity contribution is 0.291. The van der Waals surface area contributed by atoms with Crippen molar-refractivity contribution >= 4 is 15.9 Å². The van der Waals surface area contributed by atoms with Crippen LogP contribution in [-0.2, 0) is 6.42 Å². The summed E-state index contributed by atoms with van der Waals surface area (Å²) in [5, 5.41) is 0. The van der Waals surface area contributed by atoms with E-state index in [2.05, 4.69) is 39.7 Å². The highest BCUT2D eigenvalue weighted by atomic mass is 79.9. The number of aryl methyl sites for hydroxylation is 1. The van der Waals surface area contributed by atoms with Gasteiger partial charge in [-0.3, -0.25) is 0 Å². The summed E-state index contributed by atoms with van der Waals surface area (Å²) in [5.41, 5.74) is 0. The van der Waals surface area contributed by atoms with E-state index in [9.17, 15) is 0 Å². The van der Waals surface area contributed by atoms with Crippen molar-refractivity contribution in [3.63, 3.8) is 0 Å². The Morgan fingerprint density at radius 1 is 1.06 bits per heavy atom. The number of unbranched alkanes of at least 4 members (excludes halogenated alkanes) is 4. The van der Waals surface area contributed by atoms with Gasteiger partial charge < -0.3 is 4.74 Å². The monoisotopic (exact) mass is 314 g/mol. The standard InChI is InChI=1S/C14H23BrN2O/c1-3-5-6-7-8-10-18-14-11-12(15)16-13(17-14)9-4-2/h11H,3-10H2,1-2H3. The summed E-state index contributed by atoms with van der Waals surface area (Å²) in [7, 11) is 0. The first-order chi connectivity index (χ1) is 8.76. The molecule has 0 aliphatic rings. The molecular weight excluding hydrogens is 292 g/mol. The van der Waals surface area contributed by atoms with E-state index in [1.165, 1.54) is 25.7 Å².